The van der Waals surface area contributed by atoms with Crippen LogP contribution in [0.25, 0.3) is 0 Å². The highest BCUT2D eigenvalue weighted by Gasteiger charge is 2.08. The van der Waals surface area contributed by atoms with Gasteiger partial charge in [-0.05, 0) is 42.3 Å². The van der Waals surface area contributed by atoms with E-state index in [1.807, 2.05) is 6.07 Å². The third-order valence-electron chi connectivity index (χ3n) is 3.20. The number of ether oxygens (including phenoxy) is 1. The number of carbonyl (C=O) groups excluding carboxylic acids is 2. The third kappa shape index (κ3) is 5.55. The highest BCUT2D eigenvalue weighted by molar-refractivity contribution is 5.93. The largest absolute Gasteiger partial charge is 0.496 e. The van der Waals surface area contributed by atoms with Gasteiger partial charge < -0.3 is 15.4 Å². The Morgan fingerprint density at radius 2 is 2.04 bits per heavy atom. The summed E-state index contributed by atoms with van der Waals surface area (Å²) < 4.78 is 5.31. The van der Waals surface area contributed by atoms with Crippen LogP contribution in [-0.2, 0) is 11.2 Å². The average molecular weight is 350 g/mol. The molecule has 7 heteroatoms. The zero-order valence-corrected chi connectivity index (χ0v) is 14.4. The first-order chi connectivity index (χ1) is 11.1. The summed E-state index contributed by atoms with van der Waals surface area (Å²) in [5.74, 6) is 0.413. The molecule has 6 nitrogen and oxygen atoms in total. The predicted octanol–water partition coefficient (Wildman–Crippen LogP) is 2.44. The number of hydrogen-bond acceptors (Lipinski definition) is 4. The molecule has 0 saturated carbocycles. The summed E-state index contributed by atoms with van der Waals surface area (Å²) in [6, 6.07) is 8.84. The minimum atomic E-state index is -0.171. The van der Waals surface area contributed by atoms with Crippen LogP contribution in [0.2, 0.25) is 0 Å². The van der Waals surface area contributed by atoms with Gasteiger partial charge >= 0.3 is 0 Å². The standard InChI is InChI=1S/C17H19N3O3.ClH/c1-12(21)20-15-5-6-16(23-2)13(10-15)7-9-19-17(22)14-4-3-8-18-11-14;/h3-6,8,10-11H,7,9H2,1-2H3,(H,19,22)(H,20,21);1H. The van der Waals surface area contributed by atoms with Gasteiger partial charge in [-0.25, -0.2) is 0 Å². The zero-order chi connectivity index (χ0) is 16.7. The second kappa shape index (κ2) is 9.52. The summed E-state index contributed by atoms with van der Waals surface area (Å²) in [4.78, 5) is 27.0. The topological polar surface area (TPSA) is 80.3 Å². The number of nitrogens with zero attached hydrogens (tertiary/aromatic N) is 1. The normalized spacial score (nSPS) is 9.58. The van der Waals surface area contributed by atoms with Crippen LogP contribution in [0.5, 0.6) is 5.75 Å². The van der Waals surface area contributed by atoms with Crippen molar-refractivity contribution in [1.29, 1.82) is 0 Å². The van der Waals surface area contributed by atoms with Crippen LogP contribution in [0.15, 0.2) is 42.7 Å². The number of nitrogens with one attached hydrogen (secondary N) is 2. The minimum Gasteiger partial charge on any atom is -0.496 e. The van der Waals surface area contributed by atoms with Crippen LogP contribution in [-0.4, -0.2) is 30.5 Å². The van der Waals surface area contributed by atoms with E-state index in [0.717, 1.165) is 11.3 Å². The van der Waals surface area contributed by atoms with Crippen LogP contribution in [0.3, 0.4) is 0 Å². The van der Waals surface area contributed by atoms with E-state index >= 15 is 0 Å². The molecule has 0 aliphatic rings. The molecule has 24 heavy (non-hydrogen) atoms. The van der Waals surface area contributed by atoms with Crippen molar-refractivity contribution in [2.75, 3.05) is 19.0 Å². The van der Waals surface area contributed by atoms with Gasteiger partial charge in [0, 0.05) is 31.5 Å². The average Bonchev–Trinajstić information content (AvgIpc) is 2.55. The summed E-state index contributed by atoms with van der Waals surface area (Å²) >= 11 is 0. The molecule has 0 aliphatic heterocycles. The summed E-state index contributed by atoms with van der Waals surface area (Å²) in [7, 11) is 1.59. The fourth-order valence-electron chi connectivity index (χ4n) is 2.16. The van der Waals surface area contributed by atoms with Crippen LogP contribution >= 0.6 is 12.4 Å². The van der Waals surface area contributed by atoms with Crippen LogP contribution < -0.4 is 15.4 Å². The molecule has 0 atom stereocenters. The number of anilines is 1. The maximum Gasteiger partial charge on any atom is 0.252 e. The molecule has 0 spiro atoms. The highest BCUT2D eigenvalue weighted by Crippen LogP contribution is 2.23. The monoisotopic (exact) mass is 349 g/mol. The van der Waals surface area contributed by atoms with Gasteiger partial charge in [0.05, 0.1) is 12.7 Å². The maximum atomic E-state index is 12.0. The Morgan fingerprint density at radius 3 is 2.67 bits per heavy atom. The number of carbonyl (C=O) groups is 2. The summed E-state index contributed by atoms with van der Waals surface area (Å²) in [6.45, 7) is 1.91. The molecule has 2 N–H and O–H groups in total. The van der Waals surface area contributed by atoms with Crippen molar-refractivity contribution in [1.82, 2.24) is 10.3 Å². The van der Waals surface area contributed by atoms with Gasteiger partial charge in [-0.2, -0.15) is 0 Å². The van der Waals surface area contributed by atoms with Gasteiger partial charge in [-0.1, -0.05) is 0 Å². The maximum absolute atomic E-state index is 12.0. The Hall–Kier alpha value is -2.60. The van der Waals surface area contributed by atoms with E-state index in [-0.39, 0.29) is 24.2 Å². The number of rotatable bonds is 6. The van der Waals surface area contributed by atoms with Gasteiger partial charge in [0.2, 0.25) is 5.91 Å². The Bertz CT molecular complexity index is 693. The van der Waals surface area contributed by atoms with Crippen molar-refractivity contribution >= 4 is 29.9 Å². The molecule has 1 heterocycles. The molecule has 0 radical (unpaired) electrons. The number of pyridine rings is 1. The molecule has 0 bridgehead atoms. The smallest absolute Gasteiger partial charge is 0.252 e. The van der Waals surface area contributed by atoms with E-state index in [0.29, 0.717) is 24.2 Å². The van der Waals surface area contributed by atoms with E-state index in [9.17, 15) is 9.59 Å². The van der Waals surface area contributed by atoms with Gasteiger partial charge in [-0.15, -0.1) is 12.4 Å². The molecule has 2 aromatic rings. The third-order valence-corrected chi connectivity index (χ3v) is 3.20. The highest BCUT2D eigenvalue weighted by atomic mass is 35.5. The van der Waals surface area contributed by atoms with Gasteiger partial charge in [0.15, 0.2) is 0 Å². The number of amides is 2. The molecule has 2 rings (SSSR count). The molecule has 128 valence electrons. The van der Waals surface area contributed by atoms with Crippen molar-refractivity contribution < 1.29 is 14.3 Å². The molecule has 0 saturated heterocycles. The lowest BCUT2D eigenvalue weighted by Gasteiger charge is -2.12. The molecule has 1 aromatic heterocycles. The fraction of sp³-hybridized carbons (Fsp3) is 0.235. The lowest BCUT2D eigenvalue weighted by Crippen LogP contribution is -2.25. The molecular formula is C17H20ClN3O3. The molecule has 0 aliphatic carbocycles. The first-order valence-electron chi connectivity index (χ1n) is 7.23. The Labute approximate surface area is 147 Å². The minimum absolute atomic E-state index is 0. The first-order valence-corrected chi connectivity index (χ1v) is 7.23. The summed E-state index contributed by atoms with van der Waals surface area (Å²) in [6.07, 6.45) is 3.73. The van der Waals surface area contributed by atoms with E-state index in [1.165, 1.54) is 13.1 Å². The second-order valence-corrected chi connectivity index (χ2v) is 4.96. The Kier molecular flexibility index (Phi) is 7.71. The van der Waals surface area contributed by atoms with Crippen molar-refractivity contribution in [3.05, 3.63) is 53.9 Å². The van der Waals surface area contributed by atoms with Gasteiger partial charge in [0.25, 0.3) is 5.91 Å². The number of halogens is 1. The number of hydrogen-bond donors (Lipinski definition) is 2. The van der Waals surface area contributed by atoms with Gasteiger partial charge in [0.1, 0.15) is 5.75 Å². The van der Waals surface area contributed by atoms with E-state index < -0.39 is 0 Å². The Balaban J connectivity index is 0.00000288. The molecule has 1 aromatic carbocycles. The molecule has 0 unspecified atom stereocenters. The molecular weight excluding hydrogens is 330 g/mol. The number of benzene rings is 1. The quantitative estimate of drug-likeness (QED) is 0.839. The van der Waals surface area contributed by atoms with E-state index in [1.54, 1.807) is 37.6 Å². The lowest BCUT2D eigenvalue weighted by atomic mass is 10.1. The summed E-state index contributed by atoms with van der Waals surface area (Å²) in [5, 5.41) is 5.57. The van der Waals surface area contributed by atoms with Crippen LogP contribution in [0.4, 0.5) is 5.69 Å². The first kappa shape index (κ1) is 19.4. The number of methoxy groups -OCH3 is 1. The van der Waals surface area contributed by atoms with Crippen molar-refractivity contribution in [2.45, 2.75) is 13.3 Å². The lowest BCUT2D eigenvalue weighted by molar-refractivity contribution is -0.114. The van der Waals surface area contributed by atoms with Crippen LogP contribution in [0, 0.1) is 0 Å². The van der Waals surface area contributed by atoms with E-state index in [4.69, 9.17) is 4.74 Å². The van der Waals surface area contributed by atoms with Crippen LogP contribution in [0.1, 0.15) is 22.8 Å². The van der Waals surface area contributed by atoms with Crippen molar-refractivity contribution in [2.24, 2.45) is 0 Å². The fourth-order valence-corrected chi connectivity index (χ4v) is 2.16. The second-order valence-electron chi connectivity index (χ2n) is 4.96. The van der Waals surface area contributed by atoms with Gasteiger partial charge in [-0.3, -0.25) is 14.6 Å². The zero-order valence-electron chi connectivity index (χ0n) is 13.5. The number of aromatic nitrogens is 1. The predicted molar refractivity (Wildman–Crippen MR) is 94.8 cm³/mol. The Morgan fingerprint density at radius 1 is 1.25 bits per heavy atom. The SMILES string of the molecule is COc1ccc(NC(C)=O)cc1CCNC(=O)c1cccnc1.Cl. The molecule has 2 amide bonds. The summed E-state index contributed by atoms with van der Waals surface area (Å²) in [5.41, 5.74) is 2.13. The van der Waals surface area contributed by atoms with Crippen molar-refractivity contribution in [3.8, 4) is 5.75 Å². The van der Waals surface area contributed by atoms with Crippen molar-refractivity contribution in [3.63, 3.8) is 0 Å². The molecule has 0 fully saturated rings. The van der Waals surface area contributed by atoms with E-state index in [2.05, 4.69) is 15.6 Å².